The number of nitrogens with one attached hydrogen (secondary N) is 2. The van der Waals surface area contributed by atoms with Crippen molar-refractivity contribution in [3.8, 4) is 11.4 Å². The van der Waals surface area contributed by atoms with E-state index in [0.717, 1.165) is 42.8 Å². The Morgan fingerprint density at radius 1 is 1.21 bits per heavy atom. The number of benzene rings is 1. The number of aromatic nitrogens is 6. The molecule has 13 nitrogen and oxygen atoms in total. The van der Waals surface area contributed by atoms with Gasteiger partial charge in [-0.2, -0.15) is 4.98 Å². The van der Waals surface area contributed by atoms with E-state index in [-0.39, 0.29) is 53.2 Å². The van der Waals surface area contributed by atoms with Crippen LogP contribution in [0.25, 0.3) is 5.69 Å². The van der Waals surface area contributed by atoms with Crippen LogP contribution >= 0.6 is 0 Å². The smallest absolute Gasteiger partial charge is 0.383 e. The molecule has 6 rings (SSSR count). The highest BCUT2D eigenvalue weighted by molar-refractivity contribution is 5.63. The highest BCUT2D eigenvalue weighted by atomic mass is 19.1. The Hall–Kier alpha value is -3.69. The number of ether oxygens (including phenoxy) is 3. The number of piperidine rings is 1. The number of anilines is 3. The largest absolute Gasteiger partial charge is 0.488 e. The van der Waals surface area contributed by atoms with Crippen molar-refractivity contribution in [1.29, 1.82) is 0 Å². The summed E-state index contributed by atoms with van der Waals surface area (Å²) in [5.74, 6) is -1.12. The lowest BCUT2D eigenvalue weighted by molar-refractivity contribution is -0.101. The molecule has 15 heteroatoms. The van der Waals surface area contributed by atoms with E-state index in [1.165, 1.54) is 24.3 Å². The van der Waals surface area contributed by atoms with Gasteiger partial charge in [0, 0.05) is 30.7 Å². The summed E-state index contributed by atoms with van der Waals surface area (Å²) in [6, 6.07) is 3.04. The zero-order chi connectivity index (χ0) is 29.4. The van der Waals surface area contributed by atoms with E-state index in [1.807, 2.05) is 0 Å². The third-order valence-electron chi connectivity index (χ3n) is 8.14. The maximum absolute atomic E-state index is 15.4. The predicted molar refractivity (Wildman–Crippen MR) is 148 cm³/mol. The SMILES string of the molecule is Cn1c(=O)nnn1-c1cc(Nc2ncc(F)c(N[C@@H]3C[C@@H]4CCCN4C(C)(C)C3)n2)c(F)cc1OCC1COCCO1. The lowest BCUT2D eigenvalue weighted by Gasteiger charge is -2.47. The van der Waals surface area contributed by atoms with Gasteiger partial charge in [-0.25, -0.2) is 23.2 Å². The van der Waals surface area contributed by atoms with E-state index in [1.54, 1.807) is 0 Å². The lowest BCUT2D eigenvalue weighted by Crippen LogP contribution is -2.55. The number of hydrogen-bond acceptors (Lipinski definition) is 11. The van der Waals surface area contributed by atoms with Crippen LogP contribution in [0.2, 0.25) is 0 Å². The van der Waals surface area contributed by atoms with E-state index < -0.39 is 17.3 Å². The highest BCUT2D eigenvalue weighted by Crippen LogP contribution is 2.39. The number of rotatable bonds is 8. The van der Waals surface area contributed by atoms with Crippen LogP contribution in [0.3, 0.4) is 0 Å². The average molecular weight is 588 g/mol. The van der Waals surface area contributed by atoms with E-state index in [4.69, 9.17) is 14.2 Å². The molecular weight excluding hydrogens is 552 g/mol. The molecule has 3 saturated heterocycles. The summed E-state index contributed by atoms with van der Waals surface area (Å²) in [5, 5.41) is 13.5. The molecule has 2 N–H and O–H groups in total. The number of hydrogen-bond donors (Lipinski definition) is 2. The van der Waals surface area contributed by atoms with Crippen molar-refractivity contribution in [2.75, 3.05) is 43.6 Å². The number of halogens is 2. The standard InChI is InChI=1S/C27H35F2N9O4/c1-27(2)12-16(9-17-5-4-6-37(17)27)31-24-20(29)13-30-25(33-24)32-21-11-22(38-35-34-26(39)36(38)3)23(10-19(21)28)42-15-18-14-40-7-8-41-18/h10-11,13,16-18H,4-9,12,14-15H2,1-3H3,(H2,30,31,32,33)/t16-,17+,18?/m1/s1. The minimum absolute atomic E-state index is 0.00443. The van der Waals surface area contributed by atoms with Crippen molar-refractivity contribution in [3.63, 3.8) is 0 Å². The van der Waals surface area contributed by atoms with Crippen LogP contribution in [-0.2, 0) is 16.5 Å². The molecule has 0 saturated carbocycles. The van der Waals surface area contributed by atoms with Crippen molar-refractivity contribution < 1.29 is 23.0 Å². The fourth-order valence-corrected chi connectivity index (χ4v) is 6.18. The van der Waals surface area contributed by atoms with Crippen LogP contribution in [-0.4, -0.2) is 91.4 Å². The Morgan fingerprint density at radius 2 is 2.07 bits per heavy atom. The Balaban J connectivity index is 1.24. The zero-order valence-corrected chi connectivity index (χ0v) is 23.8. The first-order valence-corrected chi connectivity index (χ1v) is 14.2. The molecule has 0 aliphatic carbocycles. The molecule has 3 fully saturated rings. The third-order valence-corrected chi connectivity index (χ3v) is 8.14. The maximum Gasteiger partial charge on any atom is 0.383 e. The van der Waals surface area contributed by atoms with Gasteiger partial charge in [-0.05, 0) is 57.4 Å². The van der Waals surface area contributed by atoms with Crippen molar-refractivity contribution in [1.82, 2.24) is 34.7 Å². The van der Waals surface area contributed by atoms with Gasteiger partial charge >= 0.3 is 5.69 Å². The summed E-state index contributed by atoms with van der Waals surface area (Å²) in [4.78, 5) is 24.1. The van der Waals surface area contributed by atoms with E-state index in [0.29, 0.717) is 25.9 Å². The first kappa shape index (κ1) is 28.4. The second-order valence-corrected chi connectivity index (χ2v) is 11.6. The number of nitrogens with zero attached hydrogens (tertiary/aromatic N) is 7. The van der Waals surface area contributed by atoms with Gasteiger partial charge in [0.2, 0.25) is 5.95 Å². The molecule has 3 atom stereocenters. The molecular formula is C27H35F2N9O4. The van der Waals surface area contributed by atoms with E-state index >= 15 is 4.39 Å². The third kappa shape index (κ3) is 5.80. The van der Waals surface area contributed by atoms with E-state index in [2.05, 4.69) is 49.7 Å². The minimum atomic E-state index is -0.683. The summed E-state index contributed by atoms with van der Waals surface area (Å²) in [6.45, 7) is 6.89. The molecule has 1 aromatic carbocycles. The molecule has 0 radical (unpaired) electrons. The van der Waals surface area contributed by atoms with Gasteiger partial charge in [0.25, 0.3) is 0 Å². The second-order valence-electron chi connectivity index (χ2n) is 11.6. The Bertz CT molecular complexity index is 1490. The highest BCUT2D eigenvalue weighted by Gasteiger charge is 2.43. The van der Waals surface area contributed by atoms with Crippen LogP contribution in [0.5, 0.6) is 5.75 Å². The van der Waals surface area contributed by atoms with Crippen LogP contribution in [0, 0.1) is 11.6 Å². The van der Waals surface area contributed by atoms with Gasteiger partial charge in [-0.1, -0.05) is 5.10 Å². The van der Waals surface area contributed by atoms with Crippen LogP contribution in [0.4, 0.5) is 26.2 Å². The molecule has 2 aromatic heterocycles. The fraction of sp³-hybridized carbons (Fsp3) is 0.593. The molecule has 3 aliphatic rings. The quantitative estimate of drug-likeness (QED) is 0.403. The Kier molecular flexibility index (Phi) is 7.81. The monoisotopic (exact) mass is 587 g/mol. The summed E-state index contributed by atoms with van der Waals surface area (Å²) in [6.07, 6.45) is 4.74. The van der Waals surface area contributed by atoms with Crippen LogP contribution < -0.4 is 21.1 Å². The summed E-state index contributed by atoms with van der Waals surface area (Å²) in [7, 11) is 1.47. The molecule has 5 heterocycles. The van der Waals surface area contributed by atoms with Crippen LogP contribution in [0.15, 0.2) is 23.1 Å². The van der Waals surface area contributed by atoms with Gasteiger partial charge in [0.05, 0.1) is 31.7 Å². The predicted octanol–water partition coefficient (Wildman–Crippen LogP) is 2.39. The van der Waals surface area contributed by atoms with Gasteiger partial charge < -0.3 is 24.8 Å². The zero-order valence-electron chi connectivity index (χ0n) is 23.8. The van der Waals surface area contributed by atoms with Crippen molar-refractivity contribution in [2.45, 2.75) is 63.3 Å². The minimum Gasteiger partial charge on any atom is -0.488 e. The Morgan fingerprint density at radius 3 is 2.83 bits per heavy atom. The molecule has 3 aromatic rings. The molecule has 1 unspecified atom stereocenters. The second kappa shape index (κ2) is 11.5. The topological polar surface area (TPSA) is 133 Å². The Labute approximate surface area is 241 Å². The molecule has 0 spiro atoms. The van der Waals surface area contributed by atoms with E-state index in [9.17, 15) is 9.18 Å². The van der Waals surface area contributed by atoms with Crippen molar-refractivity contribution >= 4 is 17.5 Å². The first-order valence-electron chi connectivity index (χ1n) is 14.2. The molecule has 0 amide bonds. The summed E-state index contributed by atoms with van der Waals surface area (Å²) >= 11 is 0. The molecule has 0 bridgehead atoms. The molecule has 226 valence electrons. The summed E-state index contributed by atoms with van der Waals surface area (Å²) < 4.78 is 48.3. The summed E-state index contributed by atoms with van der Waals surface area (Å²) in [5.41, 5.74) is -0.412. The van der Waals surface area contributed by atoms with Gasteiger partial charge in [0.15, 0.2) is 17.5 Å². The van der Waals surface area contributed by atoms with Crippen molar-refractivity contribution in [2.24, 2.45) is 7.05 Å². The lowest BCUT2D eigenvalue weighted by atomic mass is 9.84. The average Bonchev–Trinajstić information content (AvgIpc) is 3.58. The fourth-order valence-electron chi connectivity index (χ4n) is 6.18. The van der Waals surface area contributed by atoms with Gasteiger partial charge in [-0.3, -0.25) is 4.90 Å². The van der Waals surface area contributed by atoms with Gasteiger partial charge in [0.1, 0.15) is 24.1 Å². The van der Waals surface area contributed by atoms with Crippen molar-refractivity contribution in [3.05, 3.63) is 40.4 Å². The molecule has 42 heavy (non-hydrogen) atoms. The normalized spacial score (nSPS) is 23.9. The van der Waals surface area contributed by atoms with Gasteiger partial charge in [-0.15, -0.1) is 4.80 Å². The number of tetrazole rings is 1. The van der Waals surface area contributed by atoms with Crippen LogP contribution in [0.1, 0.15) is 39.5 Å². The molecule has 3 aliphatic heterocycles. The first-order chi connectivity index (χ1) is 20.2. The number of fused-ring (bicyclic) bond motifs is 1. The maximum atomic E-state index is 15.4.